The van der Waals surface area contributed by atoms with Gasteiger partial charge in [-0.15, -0.1) is 0 Å². The van der Waals surface area contributed by atoms with E-state index in [9.17, 15) is 14.4 Å². The Hall–Kier alpha value is -4.34. The smallest absolute Gasteiger partial charge is 0.320 e. The summed E-state index contributed by atoms with van der Waals surface area (Å²) in [6, 6.07) is 12.6. The summed E-state index contributed by atoms with van der Waals surface area (Å²) >= 11 is 0. The van der Waals surface area contributed by atoms with Gasteiger partial charge in [0.05, 0.1) is 22.2 Å². The minimum Gasteiger partial charge on any atom is -0.335 e. The number of unbranched alkanes of at least 4 members (excludes halogenated alkanes) is 1. The lowest BCUT2D eigenvalue weighted by Gasteiger charge is -2.18. The van der Waals surface area contributed by atoms with Crippen molar-refractivity contribution in [3.63, 3.8) is 0 Å². The summed E-state index contributed by atoms with van der Waals surface area (Å²) in [5.41, 5.74) is 3.48. The normalized spacial score (nSPS) is 18.8. The summed E-state index contributed by atoms with van der Waals surface area (Å²) in [4.78, 5) is 47.9. The molecule has 1 fully saturated rings. The lowest BCUT2D eigenvalue weighted by atomic mass is 10.0. The van der Waals surface area contributed by atoms with Gasteiger partial charge in [0.1, 0.15) is 5.82 Å². The molecule has 4 heterocycles. The van der Waals surface area contributed by atoms with E-state index in [1.165, 1.54) is 4.90 Å². The molecule has 3 aromatic rings. The van der Waals surface area contributed by atoms with Gasteiger partial charge in [-0.2, -0.15) is 5.10 Å². The van der Waals surface area contributed by atoms with Crippen molar-refractivity contribution in [3.05, 3.63) is 65.4 Å². The Morgan fingerprint density at radius 3 is 2.46 bits per heavy atom. The summed E-state index contributed by atoms with van der Waals surface area (Å²) in [6.45, 7) is 1.87. The predicted octanol–water partition coefficient (Wildman–Crippen LogP) is 4.16. The van der Waals surface area contributed by atoms with E-state index in [-0.39, 0.29) is 29.8 Å². The molecule has 10 nitrogen and oxygen atoms in total. The fourth-order valence-corrected chi connectivity index (χ4v) is 5.55. The first-order valence-corrected chi connectivity index (χ1v) is 13.6. The molecule has 10 heteroatoms. The molecule has 1 aromatic carbocycles. The van der Waals surface area contributed by atoms with Crippen LogP contribution in [0.15, 0.2) is 53.8 Å². The first-order valence-electron chi connectivity index (χ1n) is 13.6. The number of rotatable bonds is 8. The van der Waals surface area contributed by atoms with E-state index < -0.39 is 0 Å². The zero-order valence-electron chi connectivity index (χ0n) is 21.7. The fourth-order valence-electron chi connectivity index (χ4n) is 5.55. The number of aromatic nitrogens is 2. The molecule has 6 rings (SSSR count). The van der Waals surface area contributed by atoms with Crippen molar-refractivity contribution in [2.45, 2.75) is 50.5 Å². The number of nitrogens with one attached hydrogen (secondary N) is 2. The summed E-state index contributed by atoms with van der Waals surface area (Å²) in [5.74, 6) is 0.166. The van der Waals surface area contributed by atoms with Crippen molar-refractivity contribution in [3.8, 4) is 0 Å². The highest BCUT2D eigenvalue weighted by Crippen LogP contribution is 2.25. The molecule has 4 amide bonds. The molecule has 0 saturated heterocycles. The van der Waals surface area contributed by atoms with E-state index in [2.05, 4.69) is 25.7 Å². The summed E-state index contributed by atoms with van der Waals surface area (Å²) < 4.78 is 0. The SMILES string of the molecule is O=C(Nc1ccc2ncc(C3C=NN(CCCCN4C(=O)c5ccccc5C4=O)C3)cc2n1)NC1CCCC1. The van der Waals surface area contributed by atoms with Crippen LogP contribution in [0, 0.1) is 0 Å². The quantitative estimate of drug-likeness (QED) is 0.337. The maximum atomic E-state index is 12.5. The first kappa shape index (κ1) is 25.0. The fraction of sp³-hybridized carbons (Fsp3) is 0.379. The molecule has 2 aromatic heterocycles. The Labute approximate surface area is 226 Å². The molecule has 39 heavy (non-hydrogen) atoms. The Balaban J connectivity index is 1.000. The maximum Gasteiger partial charge on any atom is 0.320 e. The third-order valence-electron chi connectivity index (χ3n) is 7.66. The van der Waals surface area contributed by atoms with Gasteiger partial charge in [-0.25, -0.2) is 9.78 Å². The summed E-state index contributed by atoms with van der Waals surface area (Å²) in [6.07, 6.45) is 9.67. The lowest BCUT2D eigenvalue weighted by molar-refractivity contribution is 0.0650. The number of benzene rings is 1. The van der Waals surface area contributed by atoms with E-state index in [0.29, 0.717) is 29.9 Å². The van der Waals surface area contributed by atoms with E-state index in [1.807, 2.05) is 29.6 Å². The largest absolute Gasteiger partial charge is 0.335 e. The number of hydrogen-bond acceptors (Lipinski definition) is 7. The van der Waals surface area contributed by atoms with Crippen LogP contribution in [0.4, 0.5) is 10.6 Å². The van der Waals surface area contributed by atoms with Crippen LogP contribution >= 0.6 is 0 Å². The number of amides is 4. The third kappa shape index (κ3) is 5.32. The van der Waals surface area contributed by atoms with Crippen LogP contribution in [-0.4, -0.2) is 69.6 Å². The zero-order chi connectivity index (χ0) is 26.8. The molecule has 0 spiro atoms. The number of hydrazone groups is 1. The molecular weight excluding hydrogens is 494 g/mol. The Bertz CT molecular complexity index is 1410. The molecular formula is C29H31N7O3. The van der Waals surface area contributed by atoms with Gasteiger partial charge in [0.15, 0.2) is 0 Å². The molecule has 0 bridgehead atoms. The number of carbonyl (C=O) groups excluding carboxylic acids is 3. The van der Waals surface area contributed by atoms with E-state index in [1.54, 1.807) is 30.3 Å². The van der Waals surface area contributed by atoms with Crippen molar-refractivity contribution < 1.29 is 14.4 Å². The van der Waals surface area contributed by atoms with E-state index in [4.69, 9.17) is 0 Å². The lowest BCUT2D eigenvalue weighted by Crippen LogP contribution is -2.36. The number of fused-ring (bicyclic) bond motifs is 2. The minimum absolute atomic E-state index is 0.0854. The number of urea groups is 1. The second-order valence-electron chi connectivity index (χ2n) is 10.4. The van der Waals surface area contributed by atoms with Crippen LogP contribution < -0.4 is 10.6 Å². The first-order chi connectivity index (χ1) is 19.0. The Kier molecular flexibility index (Phi) is 6.91. The van der Waals surface area contributed by atoms with E-state index in [0.717, 1.165) is 61.8 Å². The van der Waals surface area contributed by atoms with Gasteiger partial charge in [-0.1, -0.05) is 25.0 Å². The van der Waals surface area contributed by atoms with E-state index >= 15 is 0 Å². The highest BCUT2D eigenvalue weighted by molar-refractivity contribution is 6.21. The van der Waals surface area contributed by atoms with Gasteiger partial charge in [0.2, 0.25) is 0 Å². The topological polar surface area (TPSA) is 120 Å². The van der Waals surface area contributed by atoms with Gasteiger partial charge < -0.3 is 5.32 Å². The van der Waals surface area contributed by atoms with Crippen LogP contribution in [0.25, 0.3) is 11.0 Å². The standard InChI is InChI=1S/C29H31N7O3/c37-27-22-9-3-4-10-23(22)28(38)36(27)14-6-5-13-35-18-20(17-31-35)19-15-25-24(30-16-19)11-12-26(33-25)34-29(39)32-21-7-1-2-8-21/h3-4,9-12,15-17,20-21H,1-2,5-8,13-14,18H2,(H2,32,33,34,39). The van der Waals surface area contributed by atoms with Crippen LogP contribution in [0.1, 0.15) is 70.7 Å². The molecule has 1 saturated carbocycles. The Morgan fingerprint density at radius 2 is 1.69 bits per heavy atom. The molecule has 1 aliphatic carbocycles. The number of imide groups is 1. The van der Waals surface area contributed by atoms with Crippen molar-refractivity contribution >= 4 is 40.9 Å². The molecule has 1 unspecified atom stereocenters. The van der Waals surface area contributed by atoms with Crippen molar-refractivity contribution in [1.82, 2.24) is 25.2 Å². The highest BCUT2D eigenvalue weighted by Gasteiger charge is 2.34. The predicted molar refractivity (Wildman–Crippen MR) is 148 cm³/mol. The van der Waals surface area contributed by atoms with Gasteiger partial charge in [0.25, 0.3) is 11.8 Å². The number of nitrogens with zero attached hydrogens (tertiary/aromatic N) is 5. The second-order valence-corrected chi connectivity index (χ2v) is 10.4. The number of pyridine rings is 2. The van der Waals surface area contributed by atoms with Crippen molar-refractivity contribution in [1.29, 1.82) is 0 Å². The minimum atomic E-state index is -0.223. The zero-order valence-corrected chi connectivity index (χ0v) is 21.7. The average Bonchev–Trinajstić information content (AvgIpc) is 3.68. The third-order valence-corrected chi connectivity index (χ3v) is 7.66. The van der Waals surface area contributed by atoms with Crippen LogP contribution in [0.5, 0.6) is 0 Å². The van der Waals surface area contributed by atoms with Crippen molar-refractivity contribution in [2.75, 3.05) is 25.0 Å². The number of hydrogen-bond donors (Lipinski definition) is 2. The highest BCUT2D eigenvalue weighted by atomic mass is 16.2. The molecule has 0 radical (unpaired) electrons. The monoisotopic (exact) mass is 525 g/mol. The summed E-state index contributed by atoms with van der Waals surface area (Å²) in [5, 5.41) is 12.4. The number of carbonyl (C=O) groups is 3. The number of anilines is 1. The second kappa shape index (κ2) is 10.8. The van der Waals surface area contributed by atoms with Crippen LogP contribution in [-0.2, 0) is 0 Å². The molecule has 2 aliphatic heterocycles. The molecule has 200 valence electrons. The Morgan fingerprint density at radius 1 is 0.949 bits per heavy atom. The van der Waals surface area contributed by atoms with Gasteiger partial charge in [-0.05, 0) is 61.6 Å². The average molecular weight is 526 g/mol. The van der Waals surface area contributed by atoms with Gasteiger partial charge in [0, 0.05) is 44.0 Å². The van der Waals surface area contributed by atoms with Crippen molar-refractivity contribution in [2.24, 2.45) is 5.10 Å². The summed E-state index contributed by atoms with van der Waals surface area (Å²) in [7, 11) is 0. The molecule has 3 aliphatic rings. The van der Waals surface area contributed by atoms with Crippen LogP contribution in [0.3, 0.4) is 0 Å². The maximum absolute atomic E-state index is 12.5. The van der Waals surface area contributed by atoms with Gasteiger partial charge in [-0.3, -0.25) is 29.8 Å². The van der Waals surface area contributed by atoms with Gasteiger partial charge >= 0.3 is 6.03 Å². The molecule has 2 N–H and O–H groups in total. The van der Waals surface area contributed by atoms with Crippen LogP contribution in [0.2, 0.25) is 0 Å². The molecule has 1 atom stereocenters.